The summed E-state index contributed by atoms with van der Waals surface area (Å²) in [5, 5.41) is 5.32. The zero-order chi connectivity index (χ0) is 21.5. The number of amides is 2. The number of H-pyrrole nitrogens is 1. The molecule has 30 heavy (non-hydrogen) atoms. The number of benzene rings is 2. The molecule has 1 atom stereocenters. The number of nitrogens with one attached hydrogen (secondary N) is 3. The smallest absolute Gasteiger partial charge is 0.287 e. The van der Waals surface area contributed by atoms with Crippen LogP contribution in [0, 0.1) is 0 Å². The first kappa shape index (κ1) is 21.4. The first-order chi connectivity index (χ1) is 14.5. The SMILES string of the molecule is CP(O)CNC(=O)c1ncc(C(=O)NC(c2ccccc2)c2ccccc2)c(=O)[nH]1. The maximum Gasteiger partial charge on any atom is 0.287 e. The van der Waals surface area contributed by atoms with Crippen molar-refractivity contribution < 1.29 is 14.5 Å². The van der Waals surface area contributed by atoms with Crippen molar-refractivity contribution >= 4 is 20.0 Å². The summed E-state index contributed by atoms with van der Waals surface area (Å²) in [6, 6.07) is 18.3. The molecule has 0 radical (unpaired) electrons. The second kappa shape index (κ2) is 9.91. The highest BCUT2D eigenvalue weighted by atomic mass is 31.1. The molecule has 1 aromatic heterocycles. The molecule has 1 unspecified atom stereocenters. The number of hydrogen-bond donors (Lipinski definition) is 4. The topological polar surface area (TPSA) is 124 Å². The maximum absolute atomic E-state index is 12.8. The van der Waals surface area contributed by atoms with E-state index < -0.39 is 31.6 Å². The Kier molecular flexibility index (Phi) is 7.06. The lowest BCUT2D eigenvalue weighted by Crippen LogP contribution is -2.35. The lowest BCUT2D eigenvalue weighted by molar-refractivity contribution is 0.0929. The zero-order valence-corrected chi connectivity index (χ0v) is 17.1. The summed E-state index contributed by atoms with van der Waals surface area (Å²) in [4.78, 5) is 52.7. The van der Waals surface area contributed by atoms with E-state index in [1.165, 1.54) is 0 Å². The molecule has 9 heteroatoms. The van der Waals surface area contributed by atoms with Gasteiger partial charge in [0.05, 0.1) is 12.3 Å². The molecule has 2 aromatic carbocycles. The molecule has 2 amide bonds. The van der Waals surface area contributed by atoms with E-state index in [1.54, 1.807) is 6.66 Å². The van der Waals surface area contributed by atoms with Crippen LogP contribution in [0.1, 0.15) is 38.1 Å². The predicted octanol–water partition coefficient (Wildman–Crippen LogP) is 2.00. The van der Waals surface area contributed by atoms with Crippen LogP contribution in [0.3, 0.4) is 0 Å². The quantitative estimate of drug-likeness (QED) is 0.432. The molecule has 0 saturated heterocycles. The van der Waals surface area contributed by atoms with Crippen molar-refractivity contribution in [2.24, 2.45) is 0 Å². The van der Waals surface area contributed by atoms with Gasteiger partial charge in [0.1, 0.15) is 5.56 Å². The van der Waals surface area contributed by atoms with Crippen LogP contribution in [0.4, 0.5) is 0 Å². The van der Waals surface area contributed by atoms with Crippen molar-refractivity contribution in [3.63, 3.8) is 0 Å². The summed E-state index contributed by atoms with van der Waals surface area (Å²) in [7, 11) is -1.32. The van der Waals surface area contributed by atoms with E-state index in [2.05, 4.69) is 20.6 Å². The van der Waals surface area contributed by atoms with Crippen LogP contribution in [-0.4, -0.2) is 39.6 Å². The molecule has 0 aliphatic heterocycles. The molecule has 0 saturated carbocycles. The Morgan fingerprint density at radius 3 is 2.10 bits per heavy atom. The molecule has 0 aliphatic carbocycles. The highest BCUT2D eigenvalue weighted by Gasteiger charge is 2.21. The molecular weight excluding hydrogens is 403 g/mol. The van der Waals surface area contributed by atoms with Crippen molar-refractivity contribution in [1.82, 2.24) is 20.6 Å². The van der Waals surface area contributed by atoms with Crippen LogP contribution in [-0.2, 0) is 0 Å². The minimum absolute atomic E-state index is 0.0793. The van der Waals surface area contributed by atoms with Crippen molar-refractivity contribution in [3.05, 3.63) is 99.7 Å². The van der Waals surface area contributed by atoms with Crippen molar-refractivity contribution in [1.29, 1.82) is 0 Å². The Labute approximate surface area is 174 Å². The van der Waals surface area contributed by atoms with Crippen molar-refractivity contribution in [3.8, 4) is 0 Å². The third-order valence-corrected chi connectivity index (χ3v) is 4.88. The van der Waals surface area contributed by atoms with Gasteiger partial charge in [-0.2, -0.15) is 0 Å². The first-order valence-electron chi connectivity index (χ1n) is 9.14. The molecule has 3 rings (SSSR count). The van der Waals surface area contributed by atoms with Crippen molar-refractivity contribution in [2.75, 3.05) is 13.0 Å². The fourth-order valence-electron chi connectivity index (χ4n) is 2.80. The number of rotatable bonds is 7. The van der Waals surface area contributed by atoms with Gasteiger partial charge >= 0.3 is 0 Å². The fraction of sp³-hybridized carbons (Fsp3) is 0.143. The summed E-state index contributed by atoms with van der Waals surface area (Å²) in [6.45, 7) is 1.58. The summed E-state index contributed by atoms with van der Waals surface area (Å²) < 4.78 is 0. The monoisotopic (exact) mass is 424 g/mol. The van der Waals surface area contributed by atoms with Gasteiger partial charge in [0, 0.05) is 14.3 Å². The largest absolute Gasteiger partial charge is 0.372 e. The van der Waals surface area contributed by atoms with Crippen molar-refractivity contribution in [2.45, 2.75) is 6.04 Å². The van der Waals surface area contributed by atoms with E-state index in [0.717, 1.165) is 17.3 Å². The summed E-state index contributed by atoms with van der Waals surface area (Å²) in [6.07, 6.45) is 1.15. The van der Waals surface area contributed by atoms with Gasteiger partial charge in [0.25, 0.3) is 17.4 Å². The zero-order valence-electron chi connectivity index (χ0n) is 16.2. The number of hydrogen-bond acceptors (Lipinski definition) is 5. The molecule has 0 bridgehead atoms. The van der Waals surface area contributed by atoms with Gasteiger partial charge < -0.3 is 20.5 Å². The Bertz CT molecular complexity index is 1030. The van der Waals surface area contributed by atoms with E-state index in [4.69, 9.17) is 0 Å². The minimum Gasteiger partial charge on any atom is -0.372 e. The Morgan fingerprint density at radius 2 is 1.60 bits per heavy atom. The van der Waals surface area contributed by atoms with E-state index in [9.17, 15) is 19.3 Å². The molecular formula is C21H21N4O4P. The second-order valence-electron chi connectivity index (χ2n) is 6.52. The van der Waals surface area contributed by atoms with Crippen LogP contribution < -0.4 is 16.2 Å². The second-order valence-corrected chi connectivity index (χ2v) is 8.16. The van der Waals surface area contributed by atoms with Gasteiger partial charge in [-0.1, -0.05) is 60.7 Å². The standard InChI is InChI=1S/C21H21N4O4P/c1-30(29)13-23-21(28)18-22-12-16(20(27)25-18)19(26)24-17(14-8-4-2-5-9-14)15-10-6-3-7-11-15/h2-12,17,29H,13H2,1H3,(H,23,28)(H,24,26)(H,22,25,27). The third kappa shape index (κ3) is 5.37. The summed E-state index contributed by atoms with van der Waals surface area (Å²) in [5.41, 5.74) is 0.786. The molecule has 0 aliphatic rings. The highest BCUT2D eigenvalue weighted by molar-refractivity contribution is 7.50. The molecule has 154 valence electrons. The number of carbonyl (C=O) groups is 2. The van der Waals surface area contributed by atoms with Gasteiger partial charge in [-0.3, -0.25) is 14.4 Å². The molecule has 0 fully saturated rings. The van der Waals surface area contributed by atoms with Gasteiger partial charge in [0.15, 0.2) is 5.82 Å². The Morgan fingerprint density at radius 1 is 1.03 bits per heavy atom. The van der Waals surface area contributed by atoms with E-state index in [0.29, 0.717) is 0 Å². The molecule has 4 N–H and O–H groups in total. The third-order valence-electron chi connectivity index (χ3n) is 4.27. The Hall–Kier alpha value is -3.35. The average molecular weight is 424 g/mol. The highest BCUT2D eigenvalue weighted by Crippen LogP contribution is 2.22. The van der Waals surface area contributed by atoms with E-state index >= 15 is 0 Å². The number of aromatic nitrogens is 2. The van der Waals surface area contributed by atoms with Crippen LogP contribution >= 0.6 is 8.15 Å². The minimum atomic E-state index is -1.32. The lowest BCUT2D eigenvalue weighted by atomic mass is 9.98. The van der Waals surface area contributed by atoms with Crippen LogP contribution in [0.25, 0.3) is 0 Å². The van der Waals surface area contributed by atoms with Crippen LogP contribution in [0.2, 0.25) is 0 Å². The van der Waals surface area contributed by atoms with Gasteiger partial charge in [-0.05, 0) is 17.8 Å². The van der Waals surface area contributed by atoms with Gasteiger partial charge in [-0.15, -0.1) is 0 Å². The van der Waals surface area contributed by atoms with E-state index in [1.807, 2.05) is 60.7 Å². The average Bonchev–Trinajstić information content (AvgIpc) is 2.76. The maximum atomic E-state index is 12.8. The van der Waals surface area contributed by atoms with E-state index in [-0.39, 0.29) is 17.7 Å². The van der Waals surface area contributed by atoms with Gasteiger partial charge in [-0.25, -0.2) is 4.98 Å². The summed E-state index contributed by atoms with van der Waals surface area (Å²) in [5.74, 6) is -1.47. The number of carbonyl (C=O) groups excluding carboxylic acids is 2. The fourth-order valence-corrected chi connectivity index (χ4v) is 3.17. The molecule has 8 nitrogen and oxygen atoms in total. The van der Waals surface area contributed by atoms with Gasteiger partial charge in [0.2, 0.25) is 0 Å². The normalized spacial score (nSPS) is 11.7. The molecule has 3 aromatic rings. The molecule has 1 heterocycles. The lowest BCUT2D eigenvalue weighted by Gasteiger charge is -2.19. The summed E-state index contributed by atoms with van der Waals surface area (Å²) >= 11 is 0. The predicted molar refractivity (Wildman–Crippen MR) is 114 cm³/mol. The van der Waals surface area contributed by atoms with Crippen LogP contribution in [0.15, 0.2) is 71.7 Å². The molecule has 0 spiro atoms. The van der Waals surface area contributed by atoms with Crippen LogP contribution in [0.5, 0.6) is 0 Å². The first-order valence-corrected chi connectivity index (χ1v) is 11.1. The number of nitrogens with zero attached hydrogens (tertiary/aromatic N) is 1. The Balaban J connectivity index is 1.83. The number of aromatic amines is 1.